The number of unbranched alkanes of at least 4 members (excludes halogenated alkanes) is 4. The van der Waals surface area contributed by atoms with Gasteiger partial charge in [0, 0.05) is 13.1 Å². The summed E-state index contributed by atoms with van der Waals surface area (Å²) in [5, 5.41) is 39.3. The SMILES string of the molecule is CCCNCCCCCCNCCCCC(NCNC(CCC(=O)O)C(=O)O)C(=O)O. The Balaban J connectivity index is 3.77. The molecular formula is C21H42N4O6. The summed E-state index contributed by atoms with van der Waals surface area (Å²) >= 11 is 0. The van der Waals surface area contributed by atoms with E-state index in [1.807, 2.05) is 0 Å². The Hall–Kier alpha value is -1.75. The zero-order valence-electron chi connectivity index (χ0n) is 18.8. The minimum absolute atomic E-state index is 0.0141. The zero-order valence-corrected chi connectivity index (χ0v) is 18.8. The molecule has 0 saturated carbocycles. The molecule has 0 fully saturated rings. The lowest BCUT2D eigenvalue weighted by Crippen LogP contribution is -2.47. The van der Waals surface area contributed by atoms with Crippen molar-refractivity contribution >= 4 is 17.9 Å². The van der Waals surface area contributed by atoms with Crippen LogP contribution in [0.25, 0.3) is 0 Å². The molecule has 0 spiro atoms. The second-order valence-corrected chi connectivity index (χ2v) is 7.71. The predicted octanol–water partition coefficient (Wildman–Crippen LogP) is 1.21. The summed E-state index contributed by atoms with van der Waals surface area (Å²) in [4.78, 5) is 33.1. The topological polar surface area (TPSA) is 160 Å². The van der Waals surface area contributed by atoms with Crippen molar-refractivity contribution in [3.63, 3.8) is 0 Å². The fourth-order valence-corrected chi connectivity index (χ4v) is 3.08. The molecule has 10 heteroatoms. The maximum atomic E-state index is 11.4. The smallest absolute Gasteiger partial charge is 0.320 e. The molecule has 0 rings (SSSR count). The van der Waals surface area contributed by atoms with Crippen LogP contribution in [0.4, 0.5) is 0 Å². The van der Waals surface area contributed by atoms with Crippen LogP contribution >= 0.6 is 0 Å². The van der Waals surface area contributed by atoms with Crippen molar-refractivity contribution < 1.29 is 29.7 Å². The monoisotopic (exact) mass is 446 g/mol. The van der Waals surface area contributed by atoms with Gasteiger partial charge in [-0.3, -0.25) is 25.0 Å². The number of carbonyl (C=O) groups is 3. The van der Waals surface area contributed by atoms with E-state index in [0.29, 0.717) is 6.42 Å². The van der Waals surface area contributed by atoms with Gasteiger partial charge >= 0.3 is 17.9 Å². The first-order valence-electron chi connectivity index (χ1n) is 11.4. The first-order valence-corrected chi connectivity index (χ1v) is 11.4. The Morgan fingerprint density at radius 2 is 1.16 bits per heavy atom. The van der Waals surface area contributed by atoms with Gasteiger partial charge in [-0.1, -0.05) is 26.2 Å². The van der Waals surface area contributed by atoms with Crippen LogP contribution in [-0.4, -0.2) is 78.2 Å². The normalized spacial score (nSPS) is 13.1. The second-order valence-electron chi connectivity index (χ2n) is 7.71. The maximum absolute atomic E-state index is 11.4. The van der Waals surface area contributed by atoms with Crippen molar-refractivity contribution in [2.45, 2.75) is 83.2 Å². The molecule has 31 heavy (non-hydrogen) atoms. The predicted molar refractivity (Wildman–Crippen MR) is 119 cm³/mol. The summed E-state index contributed by atoms with van der Waals surface area (Å²) in [5.41, 5.74) is 0. The Kier molecular flexibility index (Phi) is 19.0. The van der Waals surface area contributed by atoms with E-state index in [1.165, 1.54) is 25.7 Å². The van der Waals surface area contributed by atoms with Crippen molar-refractivity contribution in [1.82, 2.24) is 21.3 Å². The Labute approximate surface area is 185 Å². The minimum Gasteiger partial charge on any atom is -0.481 e. The molecule has 0 aliphatic carbocycles. The first-order chi connectivity index (χ1) is 14.9. The van der Waals surface area contributed by atoms with Gasteiger partial charge in [-0.2, -0.15) is 0 Å². The lowest BCUT2D eigenvalue weighted by atomic mass is 10.1. The van der Waals surface area contributed by atoms with Crippen LogP contribution < -0.4 is 21.3 Å². The fourth-order valence-electron chi connectivity index (χ4n) is 3.08. The summed E-state index contributed by atoms with van der Waals surface area (Å²) in [5.74, 6) is -3.22. The third-order valence-corrected chi connectivity index (χ3v) is 4.92. The van der Waals surface area contributed by atoms with E-state index in [2.05, 4.69) is 28.2 Å². The van der Waals surface area contributed by atoms with Gasteiger partial charge in [0.15, 0.2) is 0 Å². The van der Waals surface area contributed by atoms with Gasteiger partial charge in [-0.25, -0.2) is 0 Å². The first kappa shape index (κ1) is 29.2. The van der Waals surface area contributed by atoms with E-state index < -0.39 is 30.0 Å². The van der Waals surface area contributed by atoms with E-state index >= 15 is 0 Å². The van der Waals surface area contributed by atoms with Gasteiger partial charge in [0.2, 0.25) is 0 Å². The minimum atomic E-state index is -1.16. The van der Waals surface area contributed by atoms with Gasteiger partial charge < -0.3 is 26.0 Å². The summed E-state index contributed by atoms with van der Waals surface area (Å²) in [6.45, 7) is 6.15. The van der Waals surface area contributed by atoms with Gasteiger partial charge in [0.25, 0.3) is 0 Å². The molecule has 0 bridgehead atoms. The van der Waals surface area contributed by atoms with E-state index in [1.54, 1.807) is 0 Å². The number of carboxylic acids is 3. The molecule has 0 amide bonds. The number of aliphatic carboxylic acids is 3. The largest absolute Gasteiger partial charge is 0.481 e. The molecule has 182 valence electrons. The highest BCUT2D eigenvalue weighted by molar-refractivity contribution is 5.75. The van der Waals surface area contributed by atoms with Crippen molar-refractivity contribution in [3.8, 4) is 0 Å². The number of hydrogen-bond acceptors (Lipinski definition) is 7. The molecule has 7 N–H and O–H groups in total. The van der Waals surface area contributed by atoms with Gasteiger partial charge in [-0.05, 0) is 64.7 Å². The molecule has 10 nitrogen and oxygen atoms in total. The summed E-state index contributed by atoms with van der Waals surface area (Å²) in [6, 6.07) is -1.81. The van der Waals surface area contributed by atoms with Crippen molar-refractivity contribution in [2.24, 2.45) is 0 Å². The van der Waals surface area contributed by atoms with Crippen LogP contribution in [0.15, 0.2) is 0 Å². The highest BCUT2D eigenvalue weighted by atomic mass is 16.4. The van der Waals surface area contributed by atoms with Crippen molar-refractivity contribution in [1.29, 1.82) is 0 Å². The van der Waals surface area contributed by atoms with Gasteiger partial charge in [-0.15, -0.1) is 0 Å². The lowest BCUT2D eigenvalue weighted by molar-refractivity contribution is -0.141. The molecule has 0 aromatic carbocycles. The van der Waals surface area contributed by atoms with Crippen LogP contribution in [0.1, 0.15) is 71.1 Å². The third kappa shape index (κ3) is 18.7. The van der Waals surface area contributed by atoms with Crippen LogP contribution in [-0.2, 0) is 14.4 Å². The van der Waals surface area contributed by atoms with Crippen molar-refractivity contribution in [3.05, 3.63) is 0 Å². The Morgan fingerprint density at radius 1 is 0.677 bits per heavy atom. The average Bonchev–Trinajstić information content (AvgIpc) is 2.71. The van der Waals surface area contributed by atoms with Crippen LogP contribution in [0.2, 0.25) is 0 Å². The molecule has 2 unspecified atom stereocenters. The fraction of sp³-hybridized carbons (Fsp3) is 0.857. The average molecular weight is 447 g/mol. The summed E-state index contributed by atoms with van der Waals surface area (Å²) < 4.78 is 0. The standard InChI is InChI=1S/C21H42N4O6/c1-2-12-22-13-6-3-4-7-14-23-15-8-5-9-17(20(28)29)24-16-25-18(21(30)31)10-11-19(26)27/h17-18,22-25H,2-16H2,1H3,(H,26,27)(H,28,29)(H,30,31). The Bertz CT molecular complexity index is 492. The molecule has 0 radical (unpaired) electrons. The van der Waals surface area contributed by atoms with Crippen LogP contribution in [0.3, 0.4) is 0 Å². The highest BCUT2D eigenvalue weighted by Gasteiger charge is 2.20. The highest BCUT2D eigenvalue weighted by Crippen LogP contribution is 2.02. The second kappa shape index (κ2) is 20.2. The number of hydrogen-bond donors (Lipinski definition) is 7. The third-order valence-electron chi connectivity index (χ3n) is 4.92. The molecule has 0 aromatic rings. The molecule has 0 aliphatic rings. The van der Waals surface area contributed by atoms with Crippen LogP contribution in [0, 0.1) is 0 Å². The van der Waals surface area contributed by atoms with E-state index in [4.69, 9.17) is 10.2 Å². The number of nitrogens with one attached hydrogen (secondary N) is 4. The molecule has 0 aromatic heterocycles. The maximum Gasteiger partial charge on any atom is 0.320 e. The van der Waals surface area contributed by atoms with Gasteiger partial charge in [0.1, 0.15) is 12.1 Å². The van der Waals surface area contributed by atoms with Crippen LogP contribution in [0.5, 0.6) is 0 Å². The molecule has 0 heterocycles. The molecule has 0 saturated heterocycles. The quantitative estimate of drug-likeness (QED) is 0.0898. The molecule has 0 aliphatic heterocycles. The zero-order chi connectivity index (χ0) is 23.3. The molecule has 2 atom stereocenters. The summed E-state index contributed by atoms with van der Waals surface area (Å²) in [6.07, 6.45) is 7.69. The van der Waals surface area contributed by atoms with Gasteiger partial charge in [0.05, 0.1) is 0 Å². The number of carboxylic acid groups (broad SMARTS) is 3. The lowest BCUT2D eigenvalue weighted by Gasteiger charge is -2.18. The summed E-state index contributed by atoms with van der Waals surface area (Å²) in [7, 11) is 0. The number of rotatable bonds is 23. The van der Waals surface area contributed by atoms with E-state index in [0.717, 1.165) is 45.4 Å². The van der Waals surface area contributed by atoms with E-state index in [-0.39, 0.29) is 19.5 Å². The molecular weight excluding hydrogens is 404 g/mol. The van der Waals surface area contributed by atoms with Crippen molar-refractivity contribution in [2.75, 3.05) is 32.8 Å². The van der Waals surface area contributed by atoms with E-state index in [9.17, 15) is 19.5 Å². The Morgan fingerprint density at radius 3 is 1.65 bits per heavy atom.